The van der Waals surface area contributed by atoms with Crippen molar-refractivity contribution in [1.29, 1.82) is 0 Å². The molecule has 0 aromatic heterocycles. The lowest BCUT2D eigenvalue weighted by Crippen LogP contribution is -2.42. The first-order valence-electron chi connectivity index (χ1n) is 7.70. The summed E-state index contributed by atoms with van der Waals surface area (Å²) in [6.45, 7) is 3.59. The predicted molar refractivity (Wildman–Crippen MR) is 87.2 cm³/mol. The van der Waals surface area contributed by atoms with Crippen molar-refractivity contribution in [3.8, 4) is 5.75 Å². The zero-order valence-corrected chi connectivity index (χ0v) is 13.7. The van der Waals surface area contributed by atoms with Gasteiger partial charge in [0.2, 0.25) is 0 Å². The van der Waals surface area contributed by atoms with Crippen LogP contribution in [0.5, 0.6) is 5.75 Å². The molecule has 21 heavy (non-hydrogen) atoms. The number of piperidine rings is 1. The molecule has 3 rings (SSSR count). The molecule has 3 nitrogen and oxygen atoms in total. The van der Waals surface area contributed by atoms with E-state index in [4.69, 9.17) is 33.7 Å². The smallest absolute Gasteiger partial charge is 0.156 e. The van der Waals surface area contributed by atoms with Crippen LogP contribution >= 0.6 is 23.2 Å². The summed E-state index contributed by atoms with van der Waals surface area (Å²) in [5, 5.41) is 1.22. The van der Waals surface area contributed by atoms with Gasteiger partial charge in [-0.15, -0.1) is 0 Å². The van der Waals surface area contributed by atoms with E-state index in [2.05, 4.69) is 4.90 Å². The number of rotatable bonds is 5. The molecule has 1 aromatic carbocycles. The van der Waals surface area contributed by atoms with E-state index in [-0.39, 0.29) is 6.04 Å². The van der Waals surface area contributed by atoms with Crippen LogP contribution in [0.3, 0.4) is 0 Å². The molecule has 2 fully saturated rings. The lowest BCUT2D eigenvalue weighted by atomic mass is 10.1. The maximum atomic E-state index is 6.33. The molecule has 0 spiro atoms. The third-order valence-corrected chi connectivity index (χ3v) is 4.73. The van der Waals surface area contributed by atoms with Gasteiger partial charge in [0.1, 0.15) is 0 Å². The summed E-state index contributed by atoms with van der Waals surface area (Å²) in [5.41, 5.74) is 7.15. The molecule has 1 aliphatic carbocycles. The first-order valence-corrected chi connectivity index (χ1v) is 8.46. The number of nitrogens with two attached hydrogens (primary N) is 1. The van der Waals surface area contributed by atoms with Crippen LogP contribution in [0.2, 0.25) is 10.0 Å². The van der Waals surface area contributed by atoms with Crippen LogP contribution in [0.4, 0.5) is 0 Å². The van der Waals surface area contributed by atoms with Gasteiger partial charge in [-0.1, -0.05) is 23.2 Å². The van der Waals surface area contributed by atoms with E-state index >= 15 is 0 Å². The molecule has 0 amide bonds. The highest BCUT2D eigenvalue weighted by molar-refractivity contribution is 6.37. The first-order chi connectivity index (χ1) is 10.1. The molecule has 2 N–H and O–H groups in total. The molecule has 1 atom stereocenters. The van der Waals surface area contributed by atoms with Crippen LogP contribution in [-0.4, -0.2) is 30.6 Å². The van der Waals surface area contributed by atoms with Gasteiger partial charge in [-0.3, -0.25) is 4.90 Å². The Labute approximate surface area is 136 Å². The van der Waals surface area contributed by atoms with Gasteiger partial charge < -0.3 is 10.5 Å². The molecular weight excluding hydrogens is 307 g/mol. The predicted octanol–water partition coefficient (Wildman–Crippen LogP) is 3.71. The zero-order chi connectivity index (χ0) is 14.8. The number of ether oxygens (including phenoxy) is 1. The maximum Gasteiger partial charge on any atom is 0.156 e. The topological polar surface area (TPSA) is 38.5 Å². The molecule has 2 aliphatic rings. The van der Waals surface area contributed by atoms with E-state index in [1.807, 2.05) is 12.1 Å². The normalized spacial score (nSPS) is 23.3. The summed E-state index contributed by atoms with van der Waals surface area (Å²) in [5.74, 6) is 1.32. The Morgan fingerprint density at radius 3 is 2.52 bits per heavy atom. The Balaban J connectivity index is 1.65. The monoisotopic (exact) mass is 328 g/mol. The van der Waals surface area contributed by atoms with Gasteiger partial charge in [0.25, 0.3) is 0 Å². The Kier molecular flexibility index (Phi) is 4.95. The van der Waals surface area contributed by atoms with Crippen LogP contribution < -0.4 is 10.5 Å². The third kappa shape index (κ3) is 4.26. The highest BCUT2D eigenvalue weighted by atomic mass is 35.5. The van der Waals surface area contributed by atoms with Crippen molar-refractivity contribution in [2.24, 2.45) is 11.7 Å². The highest BCUT2D eigenvalue weighted by Gasteiger charge is 2.23. The van der Waals surface area contributed by atoms with Crippen molar-refractivity contribution in [2.45, 2.75) is 38.3 Å². The largest absolute Gasteiger partial charge is 0.490 e. The van der Waals surface area contributed by atoms with Gasteiger partial charge in [0, 0.05) is 19.1 Å². The maximum absolute atomic E-state index is 6.33. The average molecular weight is 329 g/mol. The molecule has 0 bridgehead atoms. The number of hydrogen-bond acceptors (Lipinski definition) is 3. The molecule has 5 heteroatoms. The molecular formula is C16H22Cl2N2O. The second kappa shape index (κ2) is 6.74. The van der Waals surface area contributed by atoms with Gasteiger partial charge in [-0.25, -0.2) is 0 Å². The standard InChI is InChI=1S/C16H22Cl2N2O/c17-14-6-12(8-20-5-1-2-13(19)9-20)7-15(18)16(14)21-10-11-3-4-11/h6-7,11,13H,1-5,8-10,19H2/t13-/m0/s1. The van der Waals surface area contributed by atoms with E-state index in [9.17, 15) is 0 Å². The zero-order valence-electron chi connectivity index (χ0n) is 12.2. The Bertz CT molecular complexity index is 482. The van der Waals surface area contributed by atoms with Gasteiger partial charge >= 0.3 is 0 Å². The molecule has 0 unspecified atom stereocenters. The molecule has 1 heterocycles. The summed E-state index contributed by atoms with van der Waals surface area (Å²) in [6, 6.07) is 4.22. The first kappa shape index (κ1) is 15.4. The van der Waals surface area contributed by atoms with E-state index in [0.717, 1.165) is 44.6 Å². The molecule has 116 valence electrons. The van der Waals surface area contributed by atoms with Gasteiger partial charge in [0.05, 0.1) is 16.7 Å². The summed E-state index contributed by atoms with van der Waals surface area (Å²) in [7, 11) is 0. The SMILES string of the molecule is N[C@H]1CCCN(Cc2cc(Cl)c(OCC3CC3)c(Cl)c2)C1. The van der Waals surface area contributed by atoms with Gasteiger partial charge in [0.15, 0.2) is 5.75 Å². The van der Waals surface area contributed by atoms with Crippen molar-refractivity contribution in [1.82, 2.24) is 4.90 Å². The number of benzene rings is 1. The van der Waals surface area contributed by atoms with Crippen molar-refractivity contribution in [2.75, 3.05) is 19.7 Å². The Morgan fingerprint density at radius 2 is 1.90 bits per heavy atom. The Hall–Kier alpha value is -0.480. The van der Waals surface area contributed by atoms with E-state index in [0.29, 0.717) is 21.7 Å². The highest BCUT2D eigenvalue weighted by Crippen LogP contribution is 2.37. The number of nitrogens with zero attached hydrogens (tertiary/aromatic N) is 1. The fraction of sp³-hybridized carbons (Fsp3) is 0.625. The van der Waals surface area contributed by atoms with E-state index in [1.165, 1.54) is 12.8 Å². The third-order valence-electron chi connectivity index (χ3n) is 4.17. The van der Waals surface area contributed by atoms with Crippen LogP contribution in [0.15, 0.2) is 12.1 Å². The quantitative estimate of drug-likeness (QED) is 0.895. The van der Waals surface area contributed by atoms with Gasteiger partial charge in [-0.05, 0) is 55.8 Å². The van der Waals surface area contributed by atoms with Crippen molar-refractivity contribution in [3.63, 3.8) is 0 Å². The Morgan fingerprint density at radius 1 is 1.19 bits per heavy atom. The van der Waals surface area contributed by atoms with Crippen molar-refractivity contribution >= 4 is 23.2 Å². The molecule has 1 saturated carbocycles. The summed E-state index contributed by atoms with van der Waals surface area (Å²) < 4.78 is 5.76. The number of likely N-dealkylation sites (tertiary alicyclic amines) is 1. The second-order valence-electron chi connectivity index (χ2n) is 6.28. The minimum absolute atomic E-state index is 0.283. The molecule has 1 saturated heterocycles. The fourth-order valence-electron chi connectivity index (χ4n) is 2.82. The van der Waals surface area contributed by atoms with Crippen molar-refractivity contribution < 1.29 is 4.74 Å². The summed E-state index contributed by atoms with van der Waals surface area (Å²) in [6.07, 6.45) is 4.78. The van der Waals surface area contributed by atoms with Crippen molar-refractivity contribution in [3.05, 3.63) is 27.7 Å². The van der Waals surface area contributed by atoms with E-state index < -0.39 is 0 Å². The van der Waals surface area contributed by atoms with Crippen LogP contribution in [-0.2, 0) is 6.54 Å². The lowest BCUT2D eigenvalue weighted by molar-refractivity contribution is 0.201. The van der Waals surface area contributed by atoms with Crippen LogP contribution in [0, 0.1) is 5.92 Å². The summed E-state index contributed by atoms with van der Waals surface area (Å²) >= 11 is 12.7. The minimum atomic E-state index is 0.283. The number of halogens is 2. The second-order valence-corrected chi connectivity index (χ2v) is 7.09. The van der Waals surface area contributed by atoms with Crippen LogP contribution in [0.25, 0.3) is 0 Å². The minimum Gasteiger partial charge on any atom is -0.490 e. The molecule has 0 radical (unpaired) electrons. The van der Waals surface area contributed by atoms with Gasteiger partial charge in [-0.2, -0.15) is 0 Å². The molecule has 1 aromatic rings. The number of hydrogen-bond donors (Lipinski definition) is 1. The fourth-order valence-corrected chi connectivity index (χ4v) is 3.46. The summed E-state index contributed by atoms with van der Waals surface area (Å²) in [4.78, 5) is 2.36. The van der Waals surface area contributed by atoms with Crippen LogP contribution in [0.1, 0.15) is 31.2 Å². The average Bonchev–Trinajstić information content (AvgIpc) is 3.22. The molecule has 1 aliphatic heterocycles. The van der Waals surface area contributed by atoms with E-state index in [1.54, 1.807) is 0 Å². The lowest BCUT2D eigenvalue weighted by Gasteiger charge is -2.30.